The zero-order valence-electron chi connectivity index (χ0n) is 9.27. The largest absolute Gasteiger partial charge is 0.325 e. The molecule has 0 aliphatic heterocycles. The van der Waals surface area contributed by atoms with Crippen molar-refractivity contribution in [3.8, 4) is 0 Å². The molecule has 2 N–H and O–H groups in total. The molecule has 1 heteroatoms. The van der Waals surface area contributed by atoms with Crippen LogP contribution in [0, 0.1) is 17.3 Å². The summed E-state index contributed by atoms with van der Waals surface area (Å²) in [7, 11) is 0. The Morgan fingerprint density at radius 2 is 1.85 bits per heavy atom. The van der Waals surface area contributed by atoms with E-state index >= 15 is 0 Å². The zero-order valence-corrected chi connectivity index (χ0v) is 9.27. The Labute approximate surface area is 82.1 Å². The summed E-state index contributed by atoms with van der Waals surface area (Å²) in [5.41, 5.74) is 7.15. The first-order valence-electron chi connectivity index (χ1n) is 5.68. The molecule has 2 aliphatic carbocycles. The fourth-order valence-electron chi connectivity index (χ4n) is 4.19. The van der Waals surface area contributed by atoms with Crippen LogP contribution in [0.5, 0.6) is 0 Å². The molecule has 0 radical (unpaired) electrons. The highest BCUT2D eigenvalue weighted by atomic mass is 14.8. The summed E-state index contributed by atoms with van der Waals surface area (Å²) in [5.74, 6) is 1.78. The first-order valence-corrected chi connectivity index (χ1v) is 5.68. The van der Waals surface area contributed by atoms with E-state index in [4.69, 9.17) is 5.73 Å². The van der Waals surface area contributed by atoms with E-state index in [1.54, 1.807) is 0 Å². The van der Waals surface area contributed by atoms with Gasteiger partial charge in [-0.15, -0.1) is 0 Å². The van der Waals surface area contributed by atoms with Gasteiger partial charge < -0.3 is 5.73 Å². The quantitative estimate of drug-likeness (QED) is 0.611. The van der Waals surface area contributed by atoms with E-state index in [2.05, 4.69) is 20.8 Å². The molecule has 76 valence electrons. The highest BCUT2D eigenvalue weighted by Gasteiger charge is 2.45. The van der Waals surface area contributed by atoms with E-state index in [9.17, 15) is 0 Å². The summed E-state index contributed by atoms with van der Waals surface area (Å²) in [5, 5.41) is 0. The van der Waals surface area contributed by atoms with Crippen molar-refractivity contribution in [2.24, 2.45) is 23.0 Å². The Balaban J connectivity index is 2.17. The molecule has 2 aliphatic rings. The van der Waals surface area contributed by atoms with Crippen molar-refractivity contribution < 1.29 is 0 Å². The first-order chi connectivity index (χ1) is 5.89. The van der Waals surface area contributed by atoms with Crippen molar-refractivity contribution in [3.63, 3.8) is 0 Å². The van der Waals surface area contributed by atoms with E-state index in [0.29, 0.717) is 5.41 Å². The van der Waals surface area contributed by atoms with E-state index in [1.165, 1.54) is 32.1 Å². The zero-order chi connectivity index (χ0) is 9.69. The van der Waals surface area contributed by atoms with Gasteiger partial charge in [-0.1, -0.05) is 20.8 Å². The molecule has 1 nitrogen and oxygen atoms in total. The predicted octanol–water partition coefficient (Wildman–Crippen LogP) is 2.94. The fraction of sp³-hybridized carbons (Fsp3) is 1.00. The number of hydrogen-bond donors (Lipinski definition) is 1. The molecule has 3 unspecified atom stereocenters. The molecule has 0 amide bonds. The van der Waals surface area contributed by atoms with Gasteiger partial charge in [0.05, 0.1) is 0 Å². The van der Waals surface area contributed by atoms with Gasteiger partial charge in [0.15, 0.2) is 0 Å². The van der Waals surface area contributed by atoms with Crippen molar-refractivity contribution in [3.05, 3.63) is 0 Å². The predicted molar refractivity (Wildman–Crippen MR) is 56.4 cm³/mol. The minimum atomic E-state index is 0.185. The Morgan fingerprint density at radius 1 is 1.15 bits per heavy atom. The molecule has 2 fully saturated rings. The van der Waals surface area contributed by atoms with Crippen LogP contribution in [0.25, 0.3) is 0 Å². The summed E-state index contributed by atoms with van der Waals surface area (Å²) in [6.45, 7) is 7.14. The maximum Gasteiger partial charge on any atom is 0.0164 e. The van der Waals surface area contributed by atoms with Gasteiger partial charge in [-0.3, -0.25) is 0 Å². The van der Waals surface area contributed by atoms with Gasteiger partial charge in [-0.2, -0.15) is 0 Å². The smallest absolute Gasteiger partial charge is 0.0164 e. The molecule has 0 heterocycles. The van der Waals surface area contributed by atoms with Crippen LogP contribution < -0.4 is 5.73 Å². The topological polar surface area (TPSA) is 26.0 Å². The average molecular weight is 181 g/mol. The number of rotatable bonds is 0. The first kappa shape index (κ1) is 9.51. The third kappa shape index (κ3) is 1.90. The second kappa shape index (κ2) is 2.73. The molecular weight excluding hydrogens is 158 g/mol. The van der Waals surface area contributed by atoms with E-state index in [1.807, 2.05) is 0 Å². The lowest BCUT2D eigenvalue weighted by molar-refractivity contribution is 0.0363. The molecule has 3 atom stereocenters. The van der Waals surface area contributed by atoms with Gasteiger partial charge in [0, 0.05) is 5.54 Å². The van der Waals surface area contributed by atoms with E-state index < -0.39 is 0 Å². The molecule has 0 spiro atoms. The maximum absolute atomic E-state index is 6.47. The standard InChI is InChI=1S/C12H23N/c1-9-4-10-6-11(2,3)8-12(13,5-9)7-10/h9-10H,4-8,13H2,1-3H3. The minimum Gasteiger partial charge on any atom is -0.325 e. The summed E-state index contributed by atoms with van der Waals surface area (Å²) < 4.78 is 0. The van der Waals surface area contributed by atoms with Crippen LogP contribution in [0.1, 0.15) is 52.9 Å². The number of fused-ring (bicyclic) bond motifs is 2. The highest BCUT2D eigenvalue weighted by Crippen LogP contribution is 2.50. The molecule has 0 aromatic heterocycles. The number of nitrogens with two attached hydrogens (primary N) is 1. The summed E-state index contributed by atoms with van der Waals surface area (Å²) in [6.07, 6.45) is 6.60. The Bertz CT molecular complexity index is 203. The van der Waals surface area contributed by atoms with Crippen molar-refractivity contribution in [1.29, 1.82) is 0 Å². The second-order valence-corrected chi connectivity index (χ2v) is 6.52. The van der Waals surface area contributed by atoms with Crippen molar-refractivity contribution in [2.45, 2.75) is 58.4 Å². The molecular formula is C12H23N. The van der Waals surface area contributed by atoms with Gasteiger partial charge >= 0.3 is 0 Å². The molecule has 0 aromatic rings. The lowest BCUT2D eigenvalue weighted by Crippen LogP contribution is -2.53. The van der Waals surface area contributed by atoms with Crippen LogP contribution in [0.2, 0.25) is 0 Å². The number of hydrogen-bond acceptors (Lipinski definition) is 1. The van der Waals surface area contributed by atoms with Crippen LogP contribution in [0.3, 0.4) is 0 Å². The van der Waals surface area contributed by atoms with E-state index in [-0.39, 0.29) is 5.54 Å². The van der Waals surface area contributed by atoms with Gasteiger partial charge in [0.1, 0.15) is 0 Å². The summed E-state index contributed by atoms with van der Waals surface area (Å²) in [4.78, 5) is 0. The minimum absolute atomic E-state index is 0.185. The maximum atomic E-state index is 6.47. The van der Waals surface area contributed by atoms with Gasteiger partial charge in [0.25, 0.3) is 0 Å². The van der Waals surface area contributed by atoms with Crippen molar-refractivity contribution >= 4 is 0 Å². The van der Waals surface area contributed by atoms with Crippen molar-refractivity contribution in [2.75, 3.05) is 0 Å². The summed E-state index contributed by atoms with van der Waals surface area (Å²) >= 11 is 0. The fourth-order valence-corrected chi connectivity index (χ4v) is 4.19. The molecule has 2 rings (SSSR count). The molecule has 13 heavy (non-hydrogen) atoms. The van der Waals surface area contributed by atoms with E-state index in [0.717, 1.165) is 11.8 Å². The second-order valence-electron chi connectivity index (χ2n) is 6.52. The van der Waals surface area contributed by atoms with Gasteiger partial charge in [-0.05, 0) is 49.4 Å². The Hall–Kier alpha value is -0.0400. The Morgan fingerprint density at radius 3 is 2.46 bits per heavy atom. The van der Waals surface area contributed by atoms with Gasteiger partial charge in [0.2, 0.25) is 0 Å². The highest BCUT2D eigenvalue weighted by molar-refractivity contribution is 5.01. The van der Waals surface area contributed by atoms with Crippen molar-refractivity contribution in [1.82, 2.24) is 0 Å². The average Bonchev–Trinajstić information content (AvgIpc) is 1.75. The third-order valence-corrected chi connectivity index (χ3v) is 3.86. The summed E-state index contributed by atoms with van der Waals surface area (Å²) in [6, 6.07) is 0. The van der Waals surface area contributed by atoms with Crippen LogP contribution in [-0.4, -0.2) is 5.54 Å². The Kier molecular flexibility index (Phi) is 1.99. The lowest BCUT2D eigenvalue weighted by Gasteiger charge is -2.51. The van der Waals surface area contributed by atoms with Gasteiger partial charge in [-0.25, -0.2) is 0 Å². The molecule has 0 saturated heterocycles. The van der Waals surface area contributed by atoms with Crippen LogP contribution in [0.15, 0.2) is 0 Å². The molecule has 0 aromatic carbocycles. The monoisotopic (exact) mass is 181 g/mol. The van der Waals surface area contributed by atoms with Crippen LogP contribution >= 0.6 is 0 Å². The molecule has 2 saturated carbocycles. The normalized spacial score (nSPS) is 48.9. The van der Waals surface area contributed by atoms with Crippen LogP contribution in [0.4, 0.5) is 0 Å². The third-order valence-electron chi connectivity index (χ3n) is 3.86. The van der Waals surface area contributed by atoms with Crippen LogP contribution in [-0.2, 0) is 0 Å². The lowest BCUT2D eigenvalue weighted by atomic mass is 9.57. The SMILES string of the molecule is CC1CC2CC(C)(C)CC(N)(C1)C2. The molecule has 2 bridgehead atoms.